The van der Waals surface area contributed by atoms with Crippen molar-refractivity contribution in [3.63, 3.8) is 0 Å². The van der Waals surface area contributed by atoms with Gasteiger partial charge in [-0.3, -0.25) is 9.69 Å². The topological polar surface area (TPSA) is 124 Å². The SMILES string of the molecule is CCC(=O)N(c1ccc(S(=O)(=O)Nc2ncco2)cn1)c1cc(F)c(-c2ccc(F)c(OC(F)(F)F)c2)cc1OC. The fourth-order valence-electron chi connectivity index (χ4n) is 3.63. The summed E-state index contributed by atoms with van der Waals surface area (Å²) in [7, 11) is -2.95. The molecule has 0 atom stereocenters. The third kappa shape index (κ3) is 6.54. The number of ether oxygens (including phenoxy) is 2. The lowest BCUT2D eigenvalue weighted by Gasteiger charge is -2.24. The van der Waals surface area contributed by atoms with Crippen LogP contribution < -0.4 is 19.1 Å². The molecule has 16 heteroatoms. The number of carbonyl (C=O) groups is 1. The zero-order chi connectivity index (χ0) is 29.9. The molecule has 2 aromatic carbocycles. The molecule has 4 aromatic rings. The fraction of sp³-hybridized carbons (Fsp3) is 0.160. The van der Waals surface area contributed by atoms with Crippen LogP contribution in [0, 0.1) is 11.6 Å². The van der Waals surface area contributed by atoms with Crippen molar-refractivity contribution in [2.45, 2.75) is 24.6 Å². The summed E-state index contributed by atoms with van der Waals surface area (Å²) < 4.78 is 108. The molecule has 2 heterocycles. The lowest BCUT2D eigenvalue weighted by Crippen LogP contribution is -2.26. The molecule has 0 saturated carbocycles. The van der Waals surface area contributed by atoms with E-state index in [1.54, 1.807) is 0 Å². The van der Waals surface area contributed by atoms with Crippen molar-refractivity contribution >= 4 is 33.5 Å². The Hall–Kier alpha value is -4.73. The predicted octanol–water partition coefficient (Wildman–Crippen LogP) is 5.80. The maximum Gasteiger partial charge on any atom is 0.573 e. The number of nitrogens with one attached hydrogen (secondary N) is 1. The number of hydrogen-bond acceptors (Lipinski definition) is 8. The van der Waals surface area contributed by atoms with Gasteiger partial charge in [-0.05, 0) is 35.9 Å². The van der Waals surface area contributed by atoms with Gasteiger partial charge in [-0.15, -0.1) is 13.2 Å². The van der Waals surface area contributed by atoms with Gasteiger partial charge in [0, 0.05) is 24.2 Å². The molecule has 10 nitrogen and oxygen atoms in total. The molecular weight excluding hydrogens is 579 g/mol. The molecule has 216 valence electrons. The minimum Gasteiger partial charge on any atom is -0.495 e. The number of aromatic nitrogens is 2. The quantitative estimate of drug-likeness (QED) is 0.240. The Morgan fingerprint density at radius 3 is 2.39 bits per heavy atom. The largest absolute Gasteiger partial charge is 0.573 e. The molecule has 1 N–H and O–H groups in total. The number of alkyl halides is 3. The highest BCUT2D eigenvalue weighted by Gasteiger charge is 2.33. The first-order valence-electron chi connectivity index (χ1n) is 11.5. The Labute approximate surface area is 229 Å². The summed E-state index contributed by atoms with van der Waals surface area (Å²) in [6.07, 6.45) is -1.92. The summed E-state index contributed by atoms with van der Waals surface area (Å²) in [5.41, 5.74) is -0.600. The average Bonchev–Trinajstić information content (AvgIpc) is 3.42. The zero-order valence-electron chi connectivity index (χ0n) is 21.1. The van der Waals surface area contributed by atoms with Crippen LogP contribution in [0.3, 0.4) is 0 Å². The predicted molar refractivity (Wildman–Crippen MR) is 134 cm³/mol. The molecule has 0 fully saturated rings. The highest BCUT2D eigenvalue weighted by atomic mass is 32.2. The highest BCUT2D eigenvalue weighted by molar-refractivity contribution is 7.92. The number of carbonyl (C=O) groups excluding carboxylic acids is 1. The van der Waals surface area contributed by atoms with Gasteiger partial charge in [-0.1, -0.05) is 13.0 Å². The highest BCUT2D eigenvalue weighted by Crippen LogP contribution is 2.40. The molecule has 0 spiro atoms. The average molecular weight is 599 g/mol. The van der Waals surface area contributed by atoms with E-state index in [1.165, 1.54) is 26.3 Å². The summed E-state index contributed by atoms with van der Waals surface area (Å²) in [6.45, 7) is 1.52. The number of halogens is 5. The fourth-order valence-corrected chi connectivity index (χ4v) is 4.52. The van der Waals surface area contributed by atoms with E-state index in [0.29, 0.717) is 12.1 Å². The Bertz CT molecular complexity index is 1660. The molecule has 1 amide bonds. The Morgan fingerprint density at radius 2 is 1.80 bits per heavy atom. The number of amides is 1. The summed E-state index contributed by atoms with van der Waals surface area (Å²) in [4.78, 5) is 21.4. The van der Waals surface area contributed by atoms with Gasteiger partial charge in [-0.2, -0.15) is 0 Å². The van der Waals surface area contributed by atoms with E-state index in [-0.39, 0.29) is 45.7 Å². The van der Waals surface area contributed by atoms with Gasteiger partial charge in [-0.25, -0.2) is 31.9 Å². The van der Waals surface area contributed by atoms with Gasteiger partial charge in [0.15, 0.2) is 11.6 Å². The van der Waals surface area contributed by atoms with Gasteiger partial charge in [0.05, 0.1) is 19.0 Å². The first kappa shape index (κ1) is 29.3. The monoisotopic (exact) mass is 598 g/mol. The summed E-state index contributed by atoms with van der Waals surface area (Å²) in [5, 5.41) is 0. The van der Waals surface area contributed by atoms with Crippen LogP contribution in [0.4, 0.5) is 39.5 Å². The van der Waals surface area contributed by atoms with Crippen molar-refractivity contribution in [1.29, 1.82) is 0 Å². The number of oxazole rings is 1. The van der Waals surface area contributed by atoms with Crippen molar-refractivity contribution in [1.82, 2.24) is 9.97 Å². The van der Waals surface area contributed by atoms with Gasteiger partial charge in [0.2, 0.25) is 5.91 Å². The van der Waals surface area contributed by atoms with Crippen molar-refractivity contribution in [3.05, 3.63) is 72.8 Å². The van der Waals surface area contributed by atoms with Crippen molar-refractivity contribution < 1.29 is 49.1 Å². The van der Waals surface area contributed by atoms with Crippen molar-refractivity contribution in [3.8, 4) is 22.6 Å². The minimum absolute atomic E-state index is 0.0872. The molecule has 0 aliphatic heterocycles. The van der Waals surface area contributed by atoms with Gasteiger partial charge >= 0.3 is 12.4 Å². The maximum atomic E-state index is 15.4. The van der Waals surface area contributed by atoms with Crippen LogP contribution in [0.5, 0.6) is 11.5 Å². The van der Waals surface area contributed by atoms with Gasteiger partial charge < -0.3 is 13.9 Å². The number of hydrogen-bond donors (Lipinski definition) is 1. The lowest BCUT2D eigenvalue weighted by molar-refractivity contribution is -0.275. The van der Waals surface area contributed by atoms with Crippen molar-refractivity contribution in [2.24, 2.45) is 0 Å². The van der Waals surface area contributed by atoms with Crippen LogP contribution in [0.25, 0.3) is 11.1 Å². The number of rotatable bonds is 9. The van der Waals surface area contributed by atoms with E-state index in [0.717, 1.165) is 41.6 Å². The smallest absolute Gasteiger partial charge is 0.495 e. The Morgan fingerprint density at radius 1 is 1.05 bits per heavy atom. The molecule has 0 saturated heterocycles. The number of benzene rings is 2. The molecule has 2 aromatic heterocycles. The summed E-state index contributed by atoms with van der Waals surface area (Å²) in [5.74, 6) is -4.28. The lowest BCUT2D eigenvalue weighted by atomic mass is 10.0. The second kappa shape index (κ2) is 11.4. The maximum absolute atomic E-state index is 15.4. The standard InChI is InChI=1S/C25H19F5N4O6S/c1-3-23(35)34(22-7-5-15(13-32-22)41(36,37)33-24-31-8-9-39-24)19-12-18(27)16(11-21(19)38-2)14-4-6-17(26)20(10-14)40-25(28,29)30/h4-13H,3H2,1-2H3,(H,31,33). The summed E-state index contributed by atoms with van der Waals surface area (Å²) in [6, 6.07) is 6.43. The van der Waals surface area contributed by atoms with Crippen LogP contribution in [0.2, 0.25) is 0 Å². The van der Waals surface area contributed by atoms with Crippen LogP contribution in [0.15, 0.2) is 70.4 Å². The van der Waals surface area contributed by atoms with Gasteiger partial charge in [0.1, 0.15) is 28.5 Å². The van der Waals surface area contributed by atoms with E-state index in [9.17, 15) is 30.8 Å². The molecule has 0 bridgehead atoms. The molecule has 4 rings (SSSR count). The Kier molecular flexibility index (Phi) is 8.14. The number of sulfonamides is 1. The second-order valence-corrected chi connectivity index (χ2v) is 9.76. The van der Waals surface area contributed by atoms with Gasteiger partial charge in [0.25, 0.3) is 10.0 Å². The molecule has 0 unspecified atom stereocenters. The van der Waals surface area contributed by atoms with Crippen LogP contribution >= 0.6 is 0 Å². The van der Waals surface area contributed by atoms with Crippen molar-refractivity contribution in [2.75, 3.05) is 16.7 Å². The molecule has 0 aliphatic rings. The van der Waals surface area contributed by atoms with Crippen LogP contribution in [0.1, 0.15) is 13.3 Å². The molecule has 0 radical (unpaired) electrons. The third-order valence-electron chi connectivity index (χ3n) is 5.44. The first-order chi connectivity index (χ1) is 19.3. The normalized spacial score (nSPS) is 11.7. The summed E-state index contributed by atoms with van der Waals surface area (Å²) >= 11 is 0. The third-order valence-corrected chi connectivity index (χ3v) is 6.75. The van der Waals surface area contributed by atoms with E-state index < -0.39 is 39.7 Å². The number of anilines is 3. The number of methoxy groups -OCH3 is 1. The zero-order valence-corrected chi connectivity index (χ0v) is 21.9. The number of pyridine rings is 1. The van der Waals surface area contributed by atoms with Crippen LogP contribution in [-0.4, -0.2) is 37.8 Å². The molecular formula is C25H19F5N4O6S. The minimum atomic E-state index is -5.19. The molecule has 41 heavy (non-hydrogen) atoms. The second-order valence-electron chi connectivity index (χ2n) is 8.07. The van der Waals surface area contributed by atoms with Crippen LogP contribution in [-0.2, 0) is 14.8 Å². The number of nitrogens with zero attached hydrogens (tertiary/aromatic N) is 3. The first-order valence-corrected chi connectivity index (χ1v) is 13.0. The van der Waals surface area contributed by atoms with E-state index in [4.69, 9.17) is 9.15 Å². The van der Waals surface area contributed by atoms with E-state index in [2.05, 4.69) is 19.4 Å². The van der Waals surface area contributed by atoms with E-state index in [1.807, 2.05) is 0 Å². The molecule has 0 aliphatic carbocycles. The Balaban J connectivity index is 1.74. The van der Waals surface area contributed by atoms with E-state index >= 15 is 4.39 Å².